The molecule has 2 N–H and O–H groups in total. The van der Waals surface area contributed by atoms with Crippen molar-refractivity contribution in [2.75, 3.05) is 23.7 Å². The van der Waals surface area contributed by atoms with E-state index < -0.39 is 11.7 Å². The highest BCUT2D eigenvalue weighted by atomic mass is 79.9. The molecule has 12 heteroatoms. The van der Waals surface area contributed by atoms with Gasteiger partial charge in [-0.05, 0) is 56.6 Å². The van der Waals surface area contributed by atoms with Crippen LogP contribution in [0.3, 0.4) is 0 Å². The van der Waals surface area contributed by atoms with Crippen molar-refractivity contribution in [3.63, 3.8) is 0 Å². The summed E-state index contributed by atoms with van der Waals surface area (Å²) in [6, 6.07) is 1.71. The Hall–Kier alpha value is -1.76. The highest BCUT2D eigenvalue weighted by molar-refractivity contribution is 9.10. The molecule has 168 valence electrons. The number of thiazole rings is 1. The number of halogens is 1. The van der Waals surface area contributed by atoms with Crippen LogP contribution in [-0.2, 0) is 4.74 Å². The van der Waals surface area contributed by atoms with E-state index in [0.29, 0.717) is 19.5 Å². The van der Waals surface area contributed by atoms with Gasteiger partial charge in [0.15, 0.2) is 5.13 Å². The first-order valence-corrected chi connectivity index (χ1v) is 12.3. The highest BCUT2D eigenvalue weighted by Gasteiger charge is 2.22. The predicted octanol–water partition coefficient (Wildman–Crippen LogP) is 5.62. The van der Waals surface area contributed by atoms with Crippen LogP contribution in [0.25, 0.3) is 0 Å². The summed E-state index contributed by atoms with van der Waals surface area (Å²) in [5.41, 5.74) is -0.0543. The van der Waals surface area contributed by atoms with E-state index in [-0.39, 0.29) is 11.0 Å². The Balaban J connectivity index is 2.13. The van der Waals surface area contributed by atoms with E-state index in [2.05, 4.69) is 36.5 Å². The normalized spacial score (nSPS) is 11.0. The molecule has 0 unspecified atom stereocenters. The number of hydrogen-bond donors (Lipinski definition) is 2. The van der Waals surface area contributed by atoms with E-state index >= 15 is 0 Å². The summed E-state index contributed by atoms with van der Waals surface area (Å²) in [6.07, 6.45) is 2.61. The van der Waals surface area contributed by atoms with Crippen molar-refractivity contribution in [1.29, 1.82) is 0 Å². The molecule has 0 fully saturated rings. The third-order valence-corrected chi connectivity index (χ3v) is 6.94. The van der Waals surface area contributed by atoms with Crippen LogP contribution in [0.15, 0.2) is 28.0 Å². The SMILES string of the molecule is CCN(CC)C(=S)Sc1cnccc1NC(=O)c1sc(NC(=O)OC(C)(C)C)nc1Br. The maximum atomic E-state index is 12.9. The minimum atomic E-state index is -0.640. The Morgan fingerprint density at radius 1 is 1.29 bits per heavy atom. The van der Waals surface area contributed by atoms with Gasteiger partial charge in [0.1, 0.15) is 19.4 Å². The van der Waals surface area contributed by atoms with Crippen LogP contribution in [0, 0.1) is 0 Å². The van der Waals surface area contributed by atoms with Gasteiger partial charge < -0.3 is 15.0 Å². The average molecular weight is 547 g/mol. The van der Waals surface area contributed by atoms with E-state index in [1.807, 2.05) is 18.7 Å². The number of thiocarbonyl (C=S) groups is 1. The highest BCUT2D eigenvalue weighted by Crippen LogP contribution is 2.32. The number of ether oxygens (including phenoxy) is 1. The second kappa shape index (κ2) is 11.2. The van der Waals surface area contributed by atoms with Gasteiger partial charge in [-0.2, -0.15) is 0 Å². The summed E-state index contributed by atoms with van der Waals surface area (Å²) in [7, 11) is 0. The molecule has 2 aromatic rings. The number of nitrogens with one attached hydrogen (secondary N) is 2. The summed E-state index contributed by atoms with van der Waals surface area (Å²) in [5.74, 6) is -0.372. The third kappa shape index (κ3) is 7.70. The third-order valence-electron chi connectivity index (χ3n) is 3.65. The molecule has 0 saturated heterocycles. The van der Waals surface area contributed by atoms with Gasteiger partial charge in [-0.15, -0.1) is 0 Å². The fourth-order valence-corrected chi connectivity index (χ4v) is 5.17. The molecule has 0 aliphatic rings. The molecular formula is C19H24BrN5O3S3. The minimum absolute atomic E-state index is 0.248. The van der Waals surface area contributed by atoms with Crippen molar-refractivity contribution >= 4 is 78.4 Å². The van der Waals surface area contributed by atoms with E-state index in [1.54, 1.807) is 39.2 Å². The predicted molar refractivity (Wildman–Crippen MR) is 133 cm³/mol. The molecular weight excluding hydrogens is 522 g/mol. The molecule has 0 aliphatic heterocycles. The van der Waals surface area contributed by atoms with Crippen LogP contribution < -0.4 is 10.6 Å². The Morgan fingerprint density at radius 2 is 1.97 bits per heavy atom. The number of carbonyl (C=O) groups is 2. The zero-order valence-electron chi connectivity index (χ0n) is 17.8. The van der Waals surface area contributed by atoms with Crippen molar-refractivity contribution in [2.45, 2.75) is 45.1 Å². The molecule has 0 atom stereocenters. The van der Waals surface area contributed by atoms with Gasteiger partial charge in [0, 0.05) is 25.5 Å². The molecule has 0 radical (unpaired) electrons. The zero-order chi connectivity index (χ0) is 23.2. The summed E-state index contributed by atoms with van der Waals surface area (Å²) in [5, 5.41) is 5.66. The van der Waals surface area contributed by atoms with E-state index in [1.165, 1.54) is 11.8 Å². The van der Waals surface area contributed by atoms with E-state index in [9.17, 15) is 9.59 Å². The second-order valence-electron chi connectivity index (χ2n) is 7.13. The fraction of sp³-hybridized carbons (Fsp3) is 0.421. The number of pyridine rings is 1. The second-order valence-corrected chi connectivity index (χ2v) is 10.6. The summed E-state index contributed by atoms with van der Waals surface area (Å²) in [6.45, 7) is 11.0. The Kier molecular flexibility index (Phi) is 9.22. The molecule has 2 amide bonds. The number of carbonyl (C=O) groups excluding carboxylic acids is 2. The Bertz CT molecular complexity index is 958. The van der Waals surface area contributed by atoms with Crippen LogP contribution in [0.2, 0.25) is 0 Å². The first-order chi connectivity index (χ1) is 14.5. The van der Waals surface area contributed by atoms with Crippen LogP contribution in [0.1, 0.15) is 44.3 Å². The van der Waals surface area contributed by atoms with Crippen LogP contribution in [-0.4, -0.2) is 49.9 Å². The maximum absolute atomic E-state index is 12.9. The van der Waals surface area contributed by atoms with Crippen molar-refractivity contribution in [3.05, 3.63) is 27.9 Å². The molecule has 0 bridgehead atoms. The van der Waals surface area contributed by atoms with Crippen molar-refractivity contribution in [2.24, 2.45) is 0 Å². The smallest absolute Gasteiger partial charge is 0.413 e. The standard InChI is InChI=1S/C19H24BrN5O3S3/c1-6-25(7-2)18(29)30-12-10-21-9-8-11(12)22-15(26)13-14(20)23-16(31-13)24-17(27)28-19(3,4)5/h8-10H,6-7H2,1-5H3,(H,21,22,26)(H,23,24,27). The van der Waals surface area contributed by atoms with Crippen LogP contribution in [0.4, 0.5) is 15.6 Å². The van der Waals surface area contributed by atoms with Crippen LogP contribution >= 0.6 is 51.2 Å². The zero-order valence-corrected chi connectivity index (χ0v) is 21.9. The van der Waals surface area contributed by atoms with Gasteiger partial charge in [-0.1, -0.05) is 35.3 Å². The van der Waals surface area contributed by atoms with Gasteiger partial charge >= 0.3 is 6.09 Å². The Morgan fingerprint density at radius 3 is 2.58 bits per heavy atom. The quantitative estimate of drug-likeness (QED) is 0.356. The molecule has 0 saturated carbocycles. The van der Waals surface area contributed by atoms with Gasteiger partial charge in [0.25, 0.3) is 5.91 Å². The number of hydrogen-bond acceptors (Lipinski definition) is 8. The molecule has 0 aromatic carbocycles. The molecule has 0 spiro atoms. The first-order valence-electron chi connectivity index (χ1n) is 9.42. The lowest BCUT2D eigenvalue weighted by Gasteiger charge is -2.21. The van der Waals surface area contributed by atoms with E-state index in [4.69, 9.17) is 17.0 Å². The lowest BCUT2D eigenvalue weighted by Crippen LogP contribution is -2.27. The summed E-state index contributed by atoms with van der Waals surface area (Å²) >= 11 is 11.2. The first kappa shape index (κ1) is 25.5. The molecule has 2 rings (SSSR count). The minimum Gasteiger partial charge on any atom is -0.444 e. The largest absolute Gasteiger partial charge is 0.444 e. The Labute approximate surface area is 203 Å². The van der Waals surface area contributed by atoms with Gasteiger partial charge in [-0.3, -0.25) is 15.1 Å². The lowest BCUT2D eigenvalue weighted by atomic mass is 10.2. The number of anilines is 2. The monoisotopic (exact) mass is 545 g/mol. The van der Waals surface area contributed by atoms with Gasteiger partial charge in [0.2, 0.25) is 0 Å². The number of nitrogens with zero attached hydrogens (tertiary/aromatic N) is 3. The summed E-state index contributed by atoms with van der Waals surface area (Å²) < 4.78 is 6.24. The molecule has 2 aromatic heterocycles. The number of aromatic nitrogens is 2. The lowest BCUT2D eigenvalue weighted by molar-refractivity contribution is 0.0635. The van der Waals surface area contributed by atoms with Gasteiger partial charge in [0.05, 0.1) is 10.6 Å². The van der Waals surface area contributed by atoms with Crippen molar-refractivity contribution < 1.29 is 14.3 Å². The van der Waals surface area contributed by atoms with Crippen molar-refractivity contribution in [3.8, 4) is 0 Å². The van der Waals surface area contributed by atoms with Crippen molar-refractivity contribution in [1.82, 2.24) is 14.9 Å². The summed E-state index contributed by atoms with van der Waals surface area (Å²) in [4.78, 5) is 36.2. The fourth-order valence-electron chi connectivity index (χ4n) is 2.27. The molecule has 0 aliphatic carbocycles. The van der Waals surface area contributed by atoms with E-state index in [0.717, 1.165) is 29.3 Å². The average Bonchev–Trinajstić information content (AvgIpc) is 3.02. The molecule has 31 heavy (non-hydrogen) atoms. The number of thioether (sulfide) groups is 1. The van der Waals surface area contributed by atoms with Gasteiger partial charge in [-0.25, -0.2) is 9.78 Å². The number of rotatable bonds is 6. The molecule has 8 nitrogen and oxygen atoms in total. The van der Waals surface area contributed by atoms with Crippen LogP contribution in [0.5, 0.6) is 0 Å². The molecule has 2 heterocycles. The topological polar surface area (TPSA) is 96.5 Å². The number of amides is 2. The maximum Gasteiger partial charge on any atom is 0.413 e.